The molecule has 2 aromatic rings. The van der Waals surface area contributed by atoms with Gasteiger partial charge in [0, 0.05) is 6.20 Å². The average Bonchev–Trinajstić information content (AvgIpc) is 2.91. The molecule has 0 amide bonds. The molecule has 1 atom stereocenters. The highest BCUT2D eigenvalue weighted by atomic mass is 16.5. The zero-order chi connectivity index (χ0) is 13.2. The number of rotatable bonds is 2. The predicted molar refractivity (Wildman–Crippen MR) is 71.1 cm³/mol. The second-order valence-corrected chi connectivity index (χ2v) is 4.79. The second kappa shape index (κ2) is 5.01. The Morgan fingerprint density at radius 2 is 2.42 bits per heavy atom. The highest BCUT2D eigenvalue weighted by Crippen LogP contribution is 2.24. The summed E-state index contributed by atoms with van der Waals surface area (Å²) in [7, 11) is 1.39. The van der Waals surface area contributed by atoms with Crippen molar-refractivity contribution in [3.63, 3.8) is 0 Å². The summed E-state index contributed by atoms with van der Waals surface area (Å²) < 4.78 is 6.78. The molecule has 1 aliphatic heterocycles. The zero-order valence-electron chi connectivity index (χ0n) is 10.9. The first-order valence-electron chi connectivity index (χ1n) is 6.59. The van der Waals surface area contributed by atoms with Crippen LogP contribution in [0.15, 0.2) is 24.5 Å². The fourth-order valence-electron chi connectivity index (χ4n) is 2.65. The van der Waals surface area contributed by atoms with Gasteiger partial charge in [-0.15, -0.1) is 0 Å². The van der Waals surface area contributed by atoms with Gasteiger partial charge in [0.05, 0.1) is 30.4 Å². The Kier molecular flexibility index (Phi) is 3.21. The van der Waals surface area contributed by atoms with E-state index in [9.17, 15) is 4.79 Å². The van der Waals surface area contributed by atoms with Crippen molar-refractivity contribution in [2.45, 2.75) is 25.3 Å². The van der Waals surface area contributed by atoms with Crippen LogP contribution in [0.25, 0.3) is 5.52 Å². The third-order valence-corrected chi connectivity index (χ3v) is 3.63. The molecule has 3 heterocycles. The molecule has 19 heavy (non-hydrogen) atoms. The molecule has 1 saturated heterocycles. The number of imidazole rings is 1. The molecule has 0 aromatic carbocycles. The number of piperidine rings is 1. The Balaban J connectivity index is 2.05. The molecule has 0 saturated carbocycles. The van der Waals surface area contributed by atoms with E-state index in [0.29, 0.717) is 5.56 Å². The number of methoxy groups -OCH3 is 1. The summed E-state index contributed by atoms with van der Waals surface area (Å²) in [5, 5.41) is 3.48. The fourth-order valence-corrected chi connectivity index (χ4v) is 2.65. The molecule has 1 aliphatic rings. The van der Waals surface area contributed by atoms with Crippen LogP contribution < -0.4 is 5.32 Å². The van der Waals surface area contributed by atoms with Gasteiger partial charge in [-0.25, -0.2) is 9.78 Å². The standard InChI is InChI=1S/C14H17N3O2/c1-19-14(18)10-5-4-8-17-12(10)9-16-13(17)11-6-2-3-7-15-11/h4-5,8-9,11,15H,2-3,6-7H2,1H3. The highest BCUT2D eigenvalue weighted by molar-refractivity contribution is 5.96. The molecule has 2 aromatic heterocycles. The number of hydrogen-bond acceptors (Lipinski definition) is 4. The van der Waals surface area contributed by atoms with Crippen LogP contribution in [-0.4, -0.2) is 29.0 Å². The largest absolute Gasteiger partial charge is 0.465 e. The van der Waals surface area contributed by atoms with Crippen LogP contribution in [-0.2, 0) is 4.74 Å². The molecule has 0 aliphatic carbocycles. The number of fused-ring (bicyclic) bond motifs is 1. The van der Waals surface area contributed by atoms with Gasteiger partial charge < -0.3 is 14.5 Å². The molecule has 3 rings (SSSR count). The van der Waals surface area contributed by atoms with Crippen molar-refractivity contribution in [2.75, 3.05) is 13.7 Å². The van der Waals surface area contributed by atoms with E-state index in [4.69, 9.17) is 4.74 Å². The van der Waals surface area contributed by atoms with Gasteiger partial charge >= 0.3 is 5.97 Å². The maximum Gasteiger partial charge on any atom is 0.340 e. The smallest absolute Gasteiger partial charge is 0.340 e. The van der Waals surface area contributed by atoms with E-state index in [2.05, 4.69) is 10.3 Å². The van der Waals surface area contributed by atoms with Gasteiger partial charge in [-0.2, -0.15) is 0 Å². The monoisotopic (exact) mass is 259 g/mol. The summed E-state index contributed by atoms with van der Waals surface area (Å²) in [4.78, 5) is 16.2. The van der Waals surface area contributed by atoms with Gasteiger partial charge in [-0.05, 0) is 31.5 Å². The second-order valence-electron chi connectivity index (χ2n) is 4.79. The number of aromatic nitrogens is 2. The summed E-state index contributed by atoms with van der Waals surface area (Å²) in [5.74, 6) is 0.647. The summed E-state index contributed by atoms with van der Waals surface area (Å²) >= 11 is 0. The van der Waals surface area contributed by atoms with Gasteiger partial charge in [0.15, 0.2) is 0 Å². The Labute approximate surface area is 111 Å². The number of carbonyl (C=O) groups excluding carboxylic acids is 1. The van der Waals surface area contributed by atoms with E-state index in [1.54, 1.807) is 12.3 Å². The third-order valence-electron chi connectivity index (χ3n) is 3.63. The third kappa shape index (κ3) is 2.10. The lowest BCUT2D eigenvalue weighted by Crippen LogP contribution is -2.28. The highest BCUT2D eigenvalue weighted by Gasteiger charge is 2.21. The molecule has 5 heteroatoms. The van der Waals surface area contributed by atoms with Crippen LogP contribution in [0.3, 0.4) is 0 Å². The Morgan fingerprint density at radius 1 is 1.53 bits per heavy atom. The van der Waals surface area contributed by atoms with Crippen LogP contribution in [0, 0.1) is 0 Å². The Morgan fingerprint density at radius 3 is 3.16 bits per heavy atom. The summed E-state index contributed by atoms with van der Waals surface area (Å²) in [6.07, 6.45) is 7.20. The Hall–Kier alpha value is -1.88. The molecule has 1 N–H and O–H groups in total. The number of nitrogens with one attached hydrogen (secondary N) is 1. The minimum atomic E-state index is -0.325. The fraction of sp³-hybridized carbons (Fsp3) is 0.429. The number of carbonyl (C=O) groups is 1. The molecular weight excluding hydrogens is 242 g/mol. The van der Waals surface area contributed by atoms with Crippen molar-refractivity contribution in [1.29, 1.82) is 0 Å². The minimum absolute atomic E-state index is 0.268. The maximum atomic E-state index is 11.7. The van der Waals surface area contributed by atoms with Crippen molar-refractivity contribution >= 4 is 11.5 Å². The number of ether oxygens (including phenoxy) is 1. The Bertz CT molecular complexity index is 600. The van der Waals surface area contributed by atoms with Crippen molar-refractivity contribution in [3.05, 3.63) is 35.9 Å². The van der Waals surface area contributed by atoms with Crippen molar-refractivity contribution in [3.8, 4) is 0 Å². The predicted octanol–water partition coefficient (Wildman–Crippen LogP) is 1.94. The van der Waals surface area contributed by atoms with E-state index in [1.807, 2.05) is 16.7 Å². The van der Waals surface area contributed by atoms with Crippen molar-refractivity contribution in [2.24, 2.45) is 0 Å². The number of nitrogens with zero attached hydrogens (tertiary/aromatic N) is 2. The van der Waals surface area contributed by atoms with E-state index in [0.717, 1.165) is 24.3 Å². The number of hydrogen-bond donors (Lipinski definition) is 1. The lowest BCUT2D eigenvalue weighted by atomic mass is 10.0. The quantitative estimate of drug-likeness (QED) is 0.837. The lowest BCUT2D eigenvalue weighted by molar-refractivity contribution is 0.0602. The zero-order valence-corrected chi connectivity index (χ0v) is 10.9. The van der Waals surface area contributed by atoms with Crippen LogP contribution >= 0.6 is 0 Å². The van der Waals surface area contributed by atoms with Crippen LogP contribution in [0.5, 0.6) is 0 Å². The van der Waals surface area contributed by atoms with Crippen molar-refractivity contribution < 1.29 is 9.53 Å². The molecule has 1 unspecified atom stereocenters. The van der Waals surface area contributed by atoms with E-state index in [-0.39, 0.29) is 12.0 Å². The number of pyridine rings is 1. The normalized spacial score (nSPS) is 19.5. The molecule has 0 spiro atoms. The topological polar surface area (TPSA) is 55.6 Å². The van der Waals surface area contributed by atoms with Crippen LogP contribution in [0.1, 0.15) is 41.5 Å². The van der Waals surface area contributed by atoms with Crippen LogP contribution in [0.2, 0.25) is 0 Å². The molecule has 5 nitrogen and oxygen atoms in total. The first-order chi connectivity index (χ1) is 9.31. The summed E-state index contributed by atoms with van der Waals surface area (Å²) in [6, 6.07) is 3.89. The average molecular weight is 259 g/mol. The first-order valence-corrected chi connectivity index (χ1v) is 6.59. The summed E-state index contributed by atoms with van der Waals surface area (Å²) in [6.45, 7) is 1.02. The van der Waals surface area contributed by atoms with E-state index < -0.39 is 0 Å². The van der Waals surface area contributed by atoms with Crippen LogP contribution in [0.4, 0.5) is 0 Å². The maximum absolute atomic E-state index is 11.7. The molecule has 0 bridgehead atoms. The lowest BCUT2D eigenvalue weighted by Gasteiger charge is -2.22. The van der Waals surface area contributed by atoms with Gasteiger partial charge in [-0.1, -0.05) is 6.42 Å². The van der Waals surface area contributed by atoms with Gasteiger partial charge in [0.1, 0.15) is 5.82 Å². The molecule has 1 fully saturated rings. The van der Waals surface area contributed by atoms with Gasteiger partial charge in [0.2, 0.25) is 0 Å². The van der Waals surface area contributed by atoms with Crippen molar-refractivity contribution in [1.82, 2.24) is 14.7 Å². The molecule has 100 valence electrons. The molecule has 0 radical (unpaired) electrons. The minimum Gasteiger partial charge on any atom is -0.465 e. The SMILES string of the molecule is COC(=O)c1cccn2c(C3CCCCN3)ncc12. The van der Waals surface area contributed by atoms with Gasteiger partial charge in [-0.3, -0.25) is 0 Å². The molecular formula is C14H17N3O2. The number of esters is 1. The van der Waals surface area contributed by atoms with Gasteiger partial charge in [0.25, 0.3) is 0 Å². The summed E-state index contributed by atoms with van der Waals surface area (Å²) in [5.41, 5.74) is 1.36. The van der Waals surface area contributed by atoms with E-state index >= 15 is 0 Å². The first kappa shape index (κ1) is 12.2. The van der Waals surface area contributed by atoms with E-state index in [1.165, 1.54) is 20.0 Å².